The fourth-order valence-electron chi connectivity index (χ4n) is 2.59. The fourth-order valence-corrected chi connectivity index (χ4v) is 2.59. The summed E-state index contributed by atoms with van der Waals surface area (Å²) in [5.74, 6) is -1.77. The summed E-state index contributed by atoms with van der Waals surface area (Å²) >= 11 is 0. The van der Waals surface area contributed by atoms with Crippen molar-refractivity contribution in [2.75, 3.05) is 5.32 Å². The van der Waals surface area contributed by atoms with Crippen LogP contribution < -0.4 is 5.32 Å². The summed E-state index contributed by atoms with van der Waals surface area (Å²) in [6, 6.07) is 22.1. The molecule has 0 fully saturated rings. The van der Waals surface area contributed by atoms with Crippen molar-refractivity contribution in [2.24, 2.45) is 0 Å². The molecule has 3 rings (SSSR count). The highest BCUT2D eigenvalue weighted by Crippen LogP contribution is 2.27. The molecule has 0 heterocycles. The predicted octanol–water partition coefficient (Wildman–Crippen LogP) is 4.68. The Kier molecular flexibility index (Phi) is 5.61. The standard InChI is InChI=1S/C22H18FNO3/c1-15(27-22(26)17-10-7-11-18(23)14-17)21(25)24-20-13-6-5-12-19(20)16-8-3-2-4-9-16/h2-15H,1H3,(H,24,25)/t15-/m1/s1. The number of carbonyl (C=O) groups excluding carboxylic acids is 2. The van der Waals surface area contributed by atoms with Crippen LogP contribution in [0.1, 0.15) is 17.3 Å². The number of halogens is 1. The van der Waals surface area contributed by atoms with Crippen molar-refractivity contribution in [3.05, 3.63) is 90.2 Å². The van der Waals surface area contributed by atoms with Gasteiger partial charge >= 0.3 is 5.97 Å². The van der Waals surface area contributed by atoms with Gasteiger partial charge in [0.25, 0.3) is 5.91 Å². The number of rotatable bonds is 5. The van der Waals surface area contributed by atoms with E-state index in [1.807, 2.05) is 48.5 Å². The first-order chi connectivity index (χ1) is 13.0. The molecule has 1 atom stereocenters. The average Bonchev–Trinajstić information content (AvgIpc) is 2.69. The van der Waals surface area contributed by atoms with Crippen molar-refractivity contribution in [1.29, 1.82) is 0 Å². The van der Waals surface area contributed by atoms with Crippen LogP contribution in [0.4, 0.5) is 10.1 Å². The number of hydrogen-bond donors (Lipinski definition) is 1. The van der Waals surface area contributed by atoms with Crippen LogP contribution in [0.15, 0.2) is 78.9 Å². The van der Waals surface area contributed by atoms with Crippen LogP contribution in [0.3, 0.4) is 0 Å². The summed E-state index contributed by atoms with van der Waals surface area (Å²) in [6.07, 6.45) is -1.04. The van der Waals surface area contributed by atoms with Crippen molar-refractivity contribution in [1.82, 2.24) is 0 Å². The zero-order valence-corrected chi connectivity index (χ0v) is 14.7. The monoisotopic (exact) mass is 363 g/mol. The lowest BCUT2D eigenvalue weighted by molar-refractivity contribution is -0.123. The minimum Gasteiger partial charge on any atom is -0.449 e. The van der Waals surface area contributed by atoms with Gasteiger partial charge in [0, 0.05) is 11.3 Å². The smallest absolute Gasteiger partial charge is 0.339 e. The summed E-state index contributed by atoms with van der Waals surface area (Å²) in [5, 5.41) is 2.79. The maximum absolute atomic E-state index is 13.2. The Labute approximate surface area is 156 Å². The van der Waals surface area contributed by atoms with Gasteiger partial charge in [-0.05, 0) is 36.8 Å². The summed E-state index contributed by atoms with van der Waals surface area (Å²) < 4.78 is 18.4. The Balaban J connectivity index is 1.71. The van der Waals surface area contributed by atoms with Gasteiger partial charge in [-0.3, -0.25) is 4.79 Å². The maximum Gasteiger partial charge on any atom is 0.339 e. The van der Waals surface area contributed by atoms with E-state index in [9.17, 15) is 14.0 Å². The van der Waals surface area contributed by atoms with Crippen LogP contribution in [0, 0.1) is 5.82 Å². The Morgan fingerprint density at radius 3 is 2.37 bits per heavy atom. The molecule has 0 unspecified atom stereocenters. The van der Waals surface area contributed by atoms with E-state index in [0.717, 1.165) is 17.2 Å². The van der Waals surface area contributed by atoms with Gasteiger partial charge in [0.15, 0.2) is 6.10 Å². The molecule has 0 aromatic heterocycles. The Morgan fingerprint density at radius 1 is 0.926 bits per heavy atom. The summed E-state index contributed by atoms with van der Waals surface area (Å²) in [6.45, 7) is 1.47. The fraction of sp³-hybridized carbons (Fsp3) is 0.0909. The van der Waals surface area contributed by atoms with Crippen LogP contribution >= 0.6 is 0 Å². The van der Waals surface area contributed by atoms with Crippen LogP contribution in [0.5, 0.6) is 0 Å². The first kappa shape index (κ1) is 18.3. The number of carbonyl (C=O) groups is 2. The summed E-state index contributed by atoms with van der Waals surface area (Å²) in [7, 11) is 0. The Bertz CT molecular complexity index is 957. The van der Waals surface area contributed by atoms with Gasteiger partial charge in [0.1, 0.15) is 5.82 Å². The first-order valence-electron chi connectivity index (χ1n) is 8.46. The molecule has 1 N–H and O–H groups in total. The third-order valence-corrected chi connectivity index (χ3v) is 3.98. The molecule has 3 aromatic rings. The second kappa shape index (κ2) is 8.27. The number of esters is 1. The molecular weight excluding hydrogens is 345 g/mol. The largest absolute Gasteiger partial charge is 0.449 e. The lowest BCUT2D eigenvalue weighted by Crippen LogP contribution is -2.30. The van der Waals surface area contributed by atoms with Crippen molar-refractivity contribution < 1.29 is 18.7 Å². The molecular formula is C22H18FNO3. The van der Waals surface area contributed by atoms with Gasteiger partial charge in [0.05, 0.1) is 5.56 Å². The molecule has 0 saturated carbocycles. The number of amides is 1. The predicted molar refractivity (Wildman–Crippen MR) is 102 cm³/mol. The number of nitrogens with one attached hydrogen (secondary N) is 1. The normalized spacial score (nSPS) is 11.5. The lowest BCUT2D eigenvalue weighted by atomic mass is 10.0. The van der Waals surface area contributed by atoms with Gasteiger partial charge in [-0.15, -0.1) is 0 Å². The highest BCUT2D eigenvalue weighted by molar-refractivity contribution is 5.99. The van der Waals surface area contributed by atoms with E-state index >= 15 is 0 Å². The molecule has 3 aromatic carbocycles. The van der Waals surface area contributed by atoms with E-state index < -0.39 is 23.8 Å². The molecule has 0 bridgehead atoms. The van der Waals surface area contributed by atoms with Crippen LogP contribution in [0.25, 0.3) is 11.1 Å². The number of benzene rings is 3. The highest BCUT2D eigenvalue weighted by atomic mass is 19.1. The van der Waals surface area contributed by atoms with Gasteiger partial charge in [-0.2, -0.15) is 0 Å². The zero-order chi connectivity index (χ0) is 19.2. The first-order valence-corrected chi connectivity index (χ1v) is 8.46. The van der Waals surface area contributed by atoms with Gasteiger partial charge in [-0.25, -0.2) is 9.18 Å². The molecule has 4 nitrogen and oxygen atoms in total. The molecule has 0 aliphatic rings. The molecule has 0 radical (unpaired) electrons. The van der Waals surface area contributed by atoms with Crippen molar-refractivity contribution >= 4 is 17.6 Å². The second-order valence-corrected chi connectivity index (χ2v) is 5.96. The van der Waals surface area contributed by atoms with E-state index in [4.69, 9.17) is 4.74 Å². The van der Waals surface area contributed by atoms with Crippen molar-refractivity contribution in [3.8, 4) is 11.1 Å². The third-order valence-electron chi connectivity index (χ3n) is 3.98. The van der Waals surface area contributed by atoms with E-state index in [-0.39, 0.29) is 5.56 Å². The van der Waals surface area contributed by atoms with Crippen LogP contribution in [-0.4, -0.2) is 18.0 Å². The molecule has 0 saturated heterocycles. The number of ether oxygens (including phenoxy) is 1. The Hall–Kier alpha value is -3.47. The third kappa shape index (κ3) is 4.58. The van der Waals surface area contributed by atoms with Crippen molar-refractivity contribution in [2.45, 2.75) is 13.0 Å². The topological polar surface area (TPSA) is 55.4 Å². The molecule has 1 amide bonds. The molecule has 0 spiro atoms. The molecule has 5 heteroatoms. The molecule has 136 valence electrons. The van der Waals surface area contributed by atoms with Crippen LogP contribution in [-0.2, 0) is 9.53 Å². The van der Waals surface area contributed by atoms with Crippen LogP contribution in [0.2, 0.25) is 0 Å². The second-order valence-electron chi connectivity index (χ2n) is 5.96. The summed E-state index contributed by atoms with van der Waals surface area (Å²) in [4.78, 5) is 24.6. The maximum atomic E-state index is 13.2. The molecule has 0 aliphatic heterocycles. The number of para-hydroxylation sites is 1. The van der Waals surface area contributed by atoms with E-state index in [1.165, 1.54) is 25.1 Å². The lowest BCUT2D eigenvalue weighted by Gasteiger charge is -2.16. The molecule has 0 aliphatic carbocycles. The van der Waals surface area contributed by atoms with Gasteiger partial charge in [0.2, 0.25) is 0 Å². The highest BCUT2D eigenvalue weighted by Gasteiger charge is 2.20. The number of anilines is 1. The number of hydrogen-bond acceptors (Lipinski definition) is 3. The zero-order valence-electron chi connectivity index (χ0n) is 14.7. The van der Waals surface area contributed by atoms with Crippen molar-refractivity contribution in [3.63, 3.8) is 0 Å². The minimum atomic E-state index is -1.04. The SMILES string of the molecule is C[C@@H](OC(=O)c1cccc(F)c1)C(=O)Nc1ccccc1-c1ccccc1. The van der Waals surface area contributed by atoms with E-state index in [0.29, 0.717) is 5.69 Å². The van der Waals surface area contributed by atoms with E-state index in [1.54, 1.807) is 6.07 Å². The van der Waals surface area contributed by atoms with E-state index in [2.05, 4.69) is 5.32 Å². The molecule has 27 heavy (non-hydrogen) atoms. The average molecular weight is 363 g/mol. The van der Waals surface area contributed by atoms with Gasteiger partial charge < -0.3 is 10.1 Å². The quantitative estimate of drug-likeness (QED) is 0.670. The Morgan fingerprint density at radius 2 is 1.63 bits per heavy atom. The summed E-state index contributed by atoms with van der Waals surface area (Å²) in [5.41, 5.74) is 2.48. The van der Waals surface area contributed by atoms with Gasteiger partial charge in [-0.1, -0.05) is 54.6 Å². The minimum absolute atomic E-state index is 0.0549.